The first-order valence-corrected chi connectivity index (χ1v) is 15.4. The van der Waals surface area contributed by atoms with Gasteiger partial charge in [0.25, 0.3) is 0 Å². The Bertz CT molecular complexity index is 1450. The molecule has 0 saturated carbocycles. The molecule has 0 aromatic heterocycles. The van der Waals surface area contributed by atoms with E-state index in [0.29, 0.717) is 19.7 Å². The fourth-order valence-corrected chi connectivity index (χ4v) is 6.64. The zero-order valence-corrected chi connectivity index (χ0v) is 26.5. The Balaban J connectivity index is 1.08. The first-order valence-electron chi connectivity index (χ1n) is 15.0. The molecule has 42 heavy (non-hydrogen) atoms. The molecule has 3 aromatic rings. The topological polar surface area (TPSA) is 51.2 Å². The third-order valence-electron chi connectivity index (χ3n) is 9.82. The van der Waals surface area contributed by atoms with E-state index in [4.69, 9.17) is 26.7 Å². The highest BCUT2D eigenvalue weighted by Gasteiger charge is 2.52. The van der Waals surface area contributed by atoms with Crippen molar-refractivity contribution in [3.8, 4) is 11.1 Å². The third kappa shape index (κ3) is 5.17. The molecule has 1 amide bonds. The van der Waals surface area contributed by atoms with Crippen LogP contribution in [-0.4, -0.2) is 67.0 Å². The normalized spacial score (nSPS) is 19.6. The van der Waals surface area contributed by atoms with Gasteiger partial charge in [-0.2, -0.15) is 0 Å². The van der Waals surface area contributed by atoms with Crippen molar-refractivity contribution in [1.29, 1.82) is 0 Å². The van der Waals surface area contributed by atoms with Crippen molar-refractivity contribution in [3.63, 3.8) is 0 Å². The van der Waals surface area contributed by atoms with Crippen molar-refractivity contribution >= 4 is 31.3 Å². The number of amides is 1. The van der Waals surface area contributed by atoms with E-state index in [1.807, 2.05) is 4.90 Å². The molecule has 0 atom stereocenters. The lowest BCUT2D eigenvalue weighted by atomic mass is 9.74. The zero-order valence-electron chi connectivity index (χ0n) is 25.6. The van der Waals surface area contributed by atoms with E-state index in [9.17, 15) is 4.79 Å². The minimum Gasteiger partial charge on any atom is -0.448 e. The van der Waals surface area contributed by atoms with Crippen LogP contribution in [0.15, 0.2) is 59.5 Å². The highest BCUT2D eigenvalue weighted by Crippen LogP contribution is 2.44. The molecule has 0 radical (unpaired) electrons. The van der Waals surface area contributed by atoms with Gasteiger partial charge in [0.1, 0.15) is 6.61 Å². The van der Waals surface area contributed by atoms with E-state index in [0.717, 1.165) is 35.6 Å². The number of fused-ring (bicyclic) bond motifs is 3. The molecule has 3 aliphatic rings. The molecule has 2 fully saturated rings. The SMILES string of the molecule is Cc1c(CN2CCN(C(=O)OCC3c4ccccc4-c4ccccc43)CC2)cc(B2OC(C)(C)C(C)(C)O2)c(C)c1S. The Morgan fingerprint density at radius 2 is 1.45 bits per heavy atom. The number of carbonyl (C=O) groups is 1. The fourth-order valence-electron chi connectivity index (χ4n) is 6.37. The summed E-state index contributed by atoms with van der Waals surface area (Å²) in [6.07, 6.45) is -0.233. The molecule has 1 aliphatic carbocycles. The number of thiol groups is 1. The van der Waals surface area contributed by atoms with Crippen molar-refractivity contribution in [2.24, 2.45) is 0 Å². The average molecular weight is 585 g/mol. The maximum absolute atomic E-state index is 13.1. The summed E-state index contributed by atoms with van der Waals surface area (Å²) in [5.41, 5.74) is 8.65. The molecule has 6 nitrogen and oxygen atoms in total. The minimum atomic E-state index is -0.425. The number of benzene rings is 3. The summed E-state index contributed by atoms with van der Waals surface area (Å²) in [6.45, 7) is 16.5. The van der Waals surface area contributed by atoms with Gasteiger partial charge in [-0.25, -0.2) is 4.79 Å². The molecular weight excluding hydrogens is 543 g/mol. The van der Waals surface area contributed by atoms with Gasteiger partial charge in [-0.1, -0.05) is 54.6 Å². The van der Waals surface area contributed by atoms with E-state index < -0.39 is 18.3 Å². The summed E-state index contributed by atoms with van der Waals surface area (Å²) in [4.78, 5) is 18.3. The van der Waals surface area contributed by atoms with E-state index in [-0.39, 0.29) is 12.0 Å². The summed E-state index contributed by atoms with van der Waals surface area (Å²) in [5, 5.41) is 0. The second kappa shape index (κ2) is 11.1. The number of nitrogens with zero attached hydrogens (tertiary/aromatic N) is 2. The summed E-state index contributed by atoms with van der Waals surface area (Å²) >= 11 is 4.89. The predicted molar refractivity (Wildman–Crippen MR) is 171 cm³/mol. The monoisotopic (exact) mass is 584 g/mol. The van der Waals surface area contributed by atoms with Crippen LogP contribution in [0.25, 0.3) is 11.1 Å². The molecule has 0 unspecified atom stereocenters. The first-order chi connectivity index (χ1) is 20.0. The molecule has 3 aromatic carbocycles. The van der Waals surface area contributed by atoms with Gasteiger partial charge in [0.05, 0.1) is 11.2 Å². The van der Waals surface area contributed by atoms with Crippen LogP contribution in [0.2, 0.25) is 0 Å². The summed E-state index contributed by atoms with van der Waals surface area (Å²) in [6, 6.07) is 19.1. The van der Waals surface area contributed by atoms with E-state index in [1.54, 1.807) is 0 Å². The van der Waals surface area contributed by atoms with Crippen molar-refractivity contribution in [1.82, 2.24) is 9.80 Å². The molecule has 6 rings (SSSR count). The zero-order chi connectivity index (χ0) is 29.8. The third-order valence-corrected chi connectivity index (χ3v) is 10.5. The maximum Gasteiger partial charge on any atom is 0.495 e. The van der Waals surface area contributed by atoms with Gasteiger partial charge < -0.3 is 18.9 Å². The van der Waals surface area contributed by atoms with Crippen LogP contribution in [0.5, 0.6) is 0 Å². The lowest BCUT2D eigenvalue weighted by Crippen LogP contribution is -2.48. The van der Waals surface area contributed by atoms with Crippen molar-refractivity contribution in [2.75, 3.05) is 32.8 Å². The van der Waals surface area contributed by atoms with Gasteiger partial charge in [-0.15, -0.1) is 12.6 Å². The van der Waals surface area contributed by atoms with Crippen LogP contribution >= 0.6 is 12.6 Å². The molecular formula is C34H41BN2O4S. The number of hydrogen-bond acceptors (Lipinski definition) is 6. The molecule has 2 aliphatic heterocycles. The van der Waals surface area contributed by atoms with Crippen LogP contribution in [0.3, 0.4) is 0 Å². The Kier molecular flexibility index (Phi) is 7.71. The summed E-state index contributed by atoms with van der Waals surface area (Å²) in [5.74, 6) is 0.0701. The van der Waals surface area contributed by atoms with Crippen LogP contribution in [0.1, 0.15) is 61.4 Å². The van der Waals surface area contributed by atoms with Gasteiger partial charge >= 0.3 is 13.2 Å². The van der Waals surface area contributed by atoms with Crippen LogP contribution in [0.4, 0.5) is 4.79 Å². The van der Waals surface area contributed by atoms with E-state index >= 15 is 0 Å². The van der Waals surface area contributed by atoms with Crippen molar-refractivity contribution < 1.29 is 18.8 Å². The van der Waals surface area contributed by atoms with Crippen molar-refractivity contribution in [3.05, 3.63) is 82.4 Å². The Hall–Kier alpha value is -2.78. The fraction of sp³-hybridized carbons (Fsp3) is 0.441. The maximum atomic E-state index is 13.1. The Labute approximate surface area is 255 Å². The smallest absolute Gasteiger partial charge is 0.448 e. The quantitative estimate of drug-likeness (QED) is 0.297. The number of ether oxygens (including phenoxy) is 1. The summed E-state index contributed by atoms with van der Waals surface area (Å²) in [7, 11) is -0.425. The number of piperazine rings is 1. The largest absolute Gasteiger partial charge is 0.495 e. The van der Waals surface area contributed by atoms with Crippen LogP contribution in [-0.2, 0) is 20.6 Å². The van der Waals surface area contributed by atoms with E-state index in [1.165, 1.54) is 33.4 Å². The lowest BCUT2D eigenvalue weighted by molar-refractivity contribution is 0.00578. The molecule has 2 heterocycles. The van der Waals surface area contributed by atoms with Crippen LogP contribution < -0.4 is 5.46 Å². The molecule has 8 heteroatoms. The van der Waals surface area contributed by atoms with E-state index in [2.05, 4.69) is 101 Å². The Morgan fingerprint density at radius 3 is 2.02 bits per heavy atom. The molecule has 220 valence electrons. The average Bonchev–Trinajstić information content (AvgIpc) is 3.41. The molecule has 2 saturated heterocycles. The second-order valence-electron chi connectivity index (χ2n) is 12.9. The number of hydrogen-bond donors (Lipinski definition) is 1. The number of carbonyl (C=O) groups excluding carboxylic acids is 1. The lowest BCUT2D eigenvalue weighted by Gasteiger charge is -2.35. The van der Waals surface area contributed by atoms with Gasteiger partial charge in [0, 0.05) is 43.5 Å². The molecule has 0 spiro atoms. The highest BCUT2D eigenvalue weighted by atomic mass is 32.1. The molecule has 0 N–H and O–H groups in total. The predicted octanol–water partition coefficient (Wildman–Crippen LogP) is 5.96. The van der Waals surface area contributed by atoms with Crippen molar-refractivity contribution in [2.45, 2.75) is 70.1 Å². The van der Waals surface area contributed by atoms with Gasteiger partial charge in [0.15, 0.2) is 0 Å². The highest BCUT2D eigenvalue weighted by molar-refractivity contribution is 7.80. The van der Waals surface area contributed by atoms with Gasteiger partial charge in [-0.05, 0) is 85.9 Å². The van der Waals surface area contributed by atoms with Gasteiger partial charge in [-0.3, -0.25) is 4.90 Å². The van der Waals surface area contributed by atoms with Gasteiger partial charge in [0.2, 0.25) is 0 Å². The first kappa shape index (κ1) is 29.3. The molecule has 0 bridgehead atoms. The Morgan fingerprint density at radius 1 is 0.905 bits per heavy atom. The minimum absolute atomic E-state index is 0.0701. The number of rotatable bonds is 5. The summed E-state index contributed by atoms with van der Waals surface area (Å²) < 4.78 is 18.7. The van der Waals surface area contributed by atoms with Crippen LogP contribution in [0, 0.1) is 13.8 Å². The second-order valence-corrected chi connectivity index (χ2v) is 13.3. The standard InChI is InChI=1S/C34H41BN2O4S/c1-22-24(19-30(23(2)31(22)42)35-40-33(3,4)34(5,6)41-35)20-36-15-17-37(18-16-36)32(38)39-21-29-27-13-9-7-11-25(27)26-12-8-10-14-28(26)29/h7-14,19,29,42H,15-18,20-21H2,1-6H3.